The minimum atomic E-state index is -0.165. The van der Waals surface area contributed by atoms with Crippen LogP contribution in [-0.2, 0) is 11.3 Å². The normalized spacial score (nSPS) is 21.1. The Morgan fingerprint density at radius 3 is 2.81 bits per heavy atom. The van der Waals surface area contributed by atoms with Gasteiger partial charge in [0.15, 0.2) is 0 Å². The van der Waals surface area contributed by atoms with Crippen LogP contribution in [0.1, 0.15) is 35.9 Å². The van der Waals surface area contributed by atoms with Gasteiger partial charge in [0.1, 0.15) is 11.3 Å². The SMILES string of the molecule is CCn1nc(C)cc1C(=O)N1CC2(CC[C@@H](CNc3ncccn3)CO2)C1. The van der Waals surface area contributed by atoms with Gasteiger partial charge in [-0.25, -0.2) is 9.97 Å². The predicted octanol–water partition coefficient (Wildman–Crippen LogP) is 1.73. The molecule has 2 fully saturated rings. The maximum absolute atomic E-state index is 12.8. The lowest BCUT2D eigenvalue weighted by Gasteiger charge is -2.52. The molecule has 1 atom stereocenters. The van der Waals surface area contributed by atoms with Gasteiger partial charge in [0.05, 0.1) is 25.4 Å². The molecule has 27 heavy (non-hydrogen) atoms. The van der Waals surface area contributed by atoms with Gasteiger partial charge in [-0.3, -0.25) is 9.48 Å². The third-order valence-corrected chi connectivity index (χ3v) is 5.41. The van der Waals surface area contributed by atoms with Crippen LogP contribution in [0.25, 0.3) is 0 Å². The fourth-order valence-corrected chi connectivity index (χ4v) is 3.87. The Kier molecular flexibility index (Phi) is 4.82. The van der Waals surface area contributed by atoms with E-state index in [9.17, 15) is 4.79 Å². The van der Waals surface area contributed by atoms with Crippen molar-refractivity contribution in [1.29, 1.82) is 0 Å². The zero-order valence-electron chi connectivity index (χ0n) is 15.9. The van der Waals surface area contributed by atoms with Crippen molar-refractivity contribution in [2.45, 2.75) is 38.8 Å². The number of likely N-dealkylation sites (tertiary alicyclic amines) is 1. The number of rotatable bonds is 5. The van der Waals surface area contributed by atoms with Crippen molar-refractivity contribution in [3.63, 3.8) is 0 Å². The lowest BCUT2D eigenvalue weighted by Crippen LogP contribution is -2.66. The van der Waals surface area contributed by atoms with Gasteiger partial charge in [0.2, 0.25) is 5.95 Å². The molecule has 4 rings (SSSR count). The summed E-state index contributed by atoms with van der Waals surface area (Å²) in [5.74, 6) is 1.14. The second-order valence-electron chi connectivity index (χ2n) is 7.50. The number of hydrogen-bond acceptors (Lipinski definition) is 6. The van der Waals surface area contributed by atoms with E-state index >= 15 is 0 Å². The van der Waals surface area contributed by atoms with E-state index in [4.69, 9.17) is 4.74 Å². The number of hydrogen-bond donors (Lipinski definition) is 1. The van der Waals surface area contributed by atoms with Crippen LogP contribution in [0.4, 0.5) is 5.95 Å². The van der Waals surface area contributed by atoms with Crippen LogP contribution in [0.3, 0.4) is 0 Å². The van der Waals surface area contributed by atoms with E-state index in [1.54, 1.807) is 23.1 Å². The average Bonchev–Trinajstić information content (AvgIpc) is 3.06. The van der Waals surface area contributed by atoms with E-state index < -0.39 is 0 Å². The molecular weight excluding hydrogens is 344 g/mol. The van der Waals surface area contributed by atoms with Crippen LogP contribution in [0.2, 0.25) is 0 Å². The fourth-order valence-electron chi connectivity index (χ4n) is 3.87. The topological polar surface area (TPSA) is 85.2 Å². The molecule has 4 heterocycles. The van der Waals surface area contributed by atoms with Crippen molar-refractivity contribution < 1.29 is 9.53 Å². The molecular formula is C19H26N6O2. The maximum Gasteiger partial charge on any atom is 0.272 e. The van der Waals surface area contributed by atoms with E-state index in [1.807, 2.05) is 24.8 Å². The number of aromatic nitrogens is 4. The van der Waals surface area contributed by atoms with Crippen molar-refractivity contribution in [2.75, 3.05) is 31.6 Å². The lowest BCUT2D eigenvalue weighted by atomic mass is 9.82. The summed E-state index contributed by atoms with van der Waals surface area (Å²) in [7, 11) is 0. The van der Waals surface area contributed by atoms with Crippen molar-refractivity contribution in [3.8, 4) is 0 Å². The average molecular weight is 370 g/mol. The van der Waals surface area contributed by atoms with E-state index in [2.05, 4.69) is 20.4 Å². The minimum absolute atomic E-state index is 0.0525. The van der Waals surface area contributed by atoms with Gasteiger partial charge in [0.25, 0.3) is 5.91 Å². The summed E-state index contributed by atoms with van der Waals surface area (Å²) in [6.45, 7) is 7.46. The van der Waals surface area contributed by atoms with Gasteiger partial charge < -0.3 is 15.0 Å². The highest BCUT2D eigenvalue weighted by Crippen LogP contribution is 2.36. The number of carbonyl (C=O) groups is 1. The Morgan fingerprint density at radius 1 is 1.37 bits per heavy atom. The Morgan fingerprint density at radius 2 is 2.15 bits per heavy atom. The van der Waals surface area contributed by atoms with Gasteiger partial charge in [-0.1, -0.05) is 0 Å². The first kappa shape index (κ1) is 17.9. The molecule has 144 valence electrons. The molecule has 0 radical (unpaired) electrons. The molecule has 0 aromatic carbocycles. The molecule has 2 aromatic rings. The molecule has 0 bridgehead atoms. The molecule has 0 saturated carbocycles. The lowest BCUT2D eigenvalue weighted by molar-refractivity contribution is -0.165. The minimum Gasteiger partial charge on any atom is -0.371 e. The van der Waals surface area contributed by atoms with E-state index in [0.717, 1.165) is 25.1 Å². The maximum atomic E-state index is 12.8. The predicted molar refractivity (Wildman–Crippen MR) is 100 cm³/mol. The molecule has 1 N–H and O–H groups in total. The summed E-state index contributed by atoms with van der Waals surface area (Å²) in [5, 5.41) is 7.64. The number of nitrogens with one attached hydrogen (secondary N) is 1. The molecule has 1 amide bonds. The van der Waals surface area contributed by atoms with E-state index in [-0.39, 0.29) is 11.5 Å². The number of anilines is 1. The molecule has 0 aliphatic carbocycles. The Labute approximate surface area is 158 Å². The van der Waals surface area contributed by atoms with Gasteiger partial charge in [-0.05, 0) is 44.7 Å². The number of nitrogens with zero attached hydrogens (tertiary/aromatic N) is 5. The first-order valence-electron chi connectivity index (χ1n) is 9.57. The molecule has 8 heteroatoms. The van der Waals surface area contributed by atoms with Gasteiger partial charge in [-0.15, -0.1) is 0 Å². The zero-order chi connectivity index (χ0) is 18.9. The quantitative estimate of drug-likeness (QED) is 0.863. The summed E-state index contributed by atoms with van der Waals surface area (Å²) < 4.78 is 7.96. The van der Waals surface area contributed by atoms with Crippen molar-refractivity contribution in [2.24, 2.45) is 5.92 Å². The number of carbonyl (C=O) groups excluding carboxylic acids is 1. The van der Waals surface area contributed by atoms with Crippen LogP contribution in [0.15, 0.2) is 24.5 Å². The summed E-state index contributed by atoms with van der Waals surface area (Å²) in [4.78, 5) is 23.0. The zero-order valence-corrected chi connectivity index (χ0v) is 15.9. The summed E-state index contributed by atoms with van der Waals surface area (Å²) in [5.41, 5.74) is 1.38. The summed E-state index contributed by atoms with van der Waals surface area (Å²) >= 11 is 0. The van der Waals surface area contributed by atoms with Crippen molar-refractivity contribution in [1.82, 2.24) is 24.6 Å². The van der Waals surface area contributed by atoms with Crippen molar-refractivity contribution in [3.05, 3.63) is 35.9 Å². The Hall–Kier alpha value is -2.48. The standard InChI is InChI=1S/C19H26N6O2/c1-3-25-16(9-14(2)23-25)17(26)24-12-19(13-24)6-5-15(11-27-19)10-22-18-20-7-4-8-21-18/h4,7-9,15H,3,5-6,10-13H2,1-2H3,(H,20,21,22)/t15-/m0/s1. The number of ether oxygens (including phenoxy) is 1. The molecule has 2 aliphatic heterocycles. The molecule has 2 aromatic heterocycles. The first-order valence-corrected chi connectivity index (χ1v) is 9.57. The molecule has 2 aliphatic rings. The van der Waals surface area contributed by atoms with Gasteiger partial charge in [-0.2, -0.15) is 5.10 Å². The van der Waals surface area contributed by atoms with Crippen LogP contribution in [0.5, 0.6) is 0 Å². The van der Waals surface area contributed by atoms with Crippen LogP contribution in [-0.4, -0.2) is 62.4 Å². The van der Waals surface area contributed by atoms with Crippen LogP contribution >= 0.6 is 0 Å². The Balaban J connectivity index is 1.26. The summed E-state index contributed by atoms with van der Waals surface area (Å²) in [6.07, 6.45) is 5.51. The second-order valence-corrected chi connectivity index (χ2v) is 7.50. The van der Waals surface area contributed by atoms with Crippen LogP contribution < -0.4 is 5.32 Å². The molecule has 1 spiro atoms. The highest BCUT2D eigenvalue weighted by molar-refractivity contribution is 5.93. The summed E-state index contributed by atoms with van der Waals surface area (Å²) in [6, 6.07) is 3.67. The number of amides is 1. The monoisotopic (exact) mass is 370 g/mol. The Bertz CT molecular complexity index is 790. The third-order valence-electron chi connectivity index (χ3n) is 5.41. The fraction of sp³-hybridized carbons (Fsp3) is 0.579. The van der Waals surface area contributed by atoms with Gasteiger partial charge >= 0.3 is 0 Å². The van der Waals surface area contributed by atoms with E-state index in [1.165, 1.54) is 0 Å². The van der Waals surface area contributed by atoms with Crippen molar-refractivity contribution >= 4 is 11.9 Å². The largest absolute Gasteiger partial charge is 0.371 e. The van der Waals surface area contributed by atoms with E-state index in [0.29, 0.717) is 43.8 Å². The first-order chi connectivity index (χ1) is 13.1. The highest BCUT2D eigenvalue weighted by atomic mass is 16.5. The molecule has 2 saturated heterocycles. The third kappa shape index (κ3) is 3.66. The smallest absolute Gasteiger partial charge is 0.272 e. The van der Waals surface area contributed by atoms with Gasteiger partial charge in [0, 0.05) is 25.5 Å². The molecule has 0 unspecified atom stereocenters. The second kappa shape index (κ2) is 7.26. The molecule has 8 nitrogen and oxygen atoms in total. The van der Waals surface area contributed by atoms with Crippen LogP contribution in [0, 0.1) is 12.8 Å². The number of aryl methyl sites for hydroxylation is 2. The highest BCUT2D eigenvalue weighted by Gasteiger charge is 2.48.